The van der Waals surface area contributed by atoms with Crippen molar-refractivity contribution in [2.45, 2.75) is 6.42 Å². The Morgan fingerprint density at radius 2 is 1.65 bits per heavy atom. The summed E-state index contributed by atoms with van der Waals surface area (Å²) in [5, 5.41) is 0. The second kappa shape index (κ2) is 3.19. The summed E-state index contributed by atoms with van der Waals surface area (Å²) in [4.78, 5) is 12.1. The predicted octanol–water partition coefficient (Wildman–Crippen LogP) is 3.09. The van der Waals surface area contributed by atoms with Crippen molar-refractivity contribution in [3.8, 4) is 0 Å². The van der Waals surface area contributed by atoms with E-state index < -0.39 is 0 Å². The van der Waals surface area contributed by atoms with Crippen molar-refractivity contribution in [2.75, 3.05) is 0 Å². The maximum Gasteiger partial charge on any atom is 0.160 e. The normalized spacial score (nSPS) is 37.4. The molecule has 1 nitrogen and oxygen atoms in total. The minimum absolute atomic E-state index is 0.250. The molecule has 1 heteroatoms. The van der Waals surface area contributed by atoms with Crippen molar-refractivity contribution in [2.24, 2.45) is 23.7 Å². The monoisotopic (exact) mass is 222 g/mol. The van der Waals surface area contributed by atoms with Gasteiger partial charge in [0.15, 0.2) is 5.78 Å². The van der Waals surface area contributed by atoms with Crippen LogP contribution in [0.5, 0.6) is 0 Å². The molecule has 84 valence electrons. The van der Waals surface area contributed by atoms with E-state index in [0.29, 0.717) is 23.5 Å². The van der Waals surface area contributed by atoms with Crippen molar-refractivity contribution in [1.82, 2.24) is 0 Å². The van der Waals surface area contributed by atoms with E-state index in [-0.39, 0.29) is 5.92 Å². The first-order valence-electron chi connectivity index (χ1n) is 6.34. The van der Waals surface area contributed by atoms with E-state index >= 15 is 0 Å². The van der Waals surface area contributed by atoms with Crippen molar-refractivity contribution in [3.63, 3.8) is 0 Å². The molecule has 2 bridgehead atoms. The average Bonchev–Trinajstić information content (AvgIpc) is 3.03. The molecule has 0 amide bonds. The molecule has 0 aliphatic heterocycles. The van der Waals surface area contributed by atoms with E-state index in [2.05, 4.69) is 36.4 Å². The molecule has 4 atom stereocenters. The summed E-state index contributed by atoms with van der Waals surface area (Å²) in [6.07, 6.45) is 7.66. The number of allylic oxidation sites excluding steroid dienone is 4. The molecule has 3 aliphatic rings. The highest BCUT2D eigenvalue weighted by Crippen LogP contribution is 2.56. The summed E-state index contributed by atoms with van der Waals surface area (Å²) >= 11 is 0. The molecule has 1 aromatic carbocycles. The first-order valence-corrected chi connectivity index (χ1v) is 6.34. The van der Waals surface area contributed by atoms with Gasteiger partial charge in [-0.3, -0.25) is 4.79 Å². The molecule has 3 aliphatic carbocycles. The van der Waals surface area contributed by atoms with Crippen molar-refractivity contribution in [3.05, 3.63) is 54.1 Å². The Hall–Kier alpha value is -1.63. The zero-order chi connectivity index (χ0) is 11.4. The van der Waals surface area contributed by atoms with Gasteiger partial charge in [-0.05, 0) is 35.5 Å². The number of benzene rings is 1. The van der Waals surface area contributed by atoms with E-state index in [1.54, 1.807) is 0 Å². The second-order valence-corrected chi connectivity index (χ2v) is 5.37. The molecule has 1 saturated carbocycles. The summed E-state index contributed by atoms with van der Waals surface area (Å²) < 4.78 is 0. The third-order valence-electron chi connectivity index (χ3n) is 4.55. The van der Waals surface area contributed by atoms with Gasteiger partial charge in [-0.25, -0.2) is 0 Å². The minimum atomic E-state index is 0.250. The van der Waals surface area contributed by atoms with Crippen LogP contribution in [0.15, 0.2) is 48.6 Å². The number of carbonyl (C=O) groups is 1. The van der Waals surface area contributed by atoms with Crippen LogP contribution >= 0.6 is 0 Å². The van der Waals surface area contributed by atoms with Gasteiger partial charge in [-0.2, -0.15) is 0 Å². The van der Waals surface area contributed by atoms with Crippen LogP contribution in [0.3, 0.4) is 0 Å². The van der Waals surface area contributed by atoms with Crippen molar-refractivity contribution >= 4 is 11.4 Å². The third-order valence-corrected chi connectivity index (χ3v) is 4.55. The van der Waals surface area contributed by atoms with Gasteiger partial charge in [0.25, 0.3) is 0 Å². The Morgan fingerprint density at radius 1 is 0.941 bits per heavy atom. The summed E-state index contributed by atoms with van der Waals surface area (Å²) in [7, 11) is 0. The smallest absolute Gasteiger partial charge is 0.160 e. The maximum atomic E-state index is 12.1. The van der Waals surface area contributed by atoms with E-state index in [9.17, 15) is 4.79 Å². The average molecular weight is 222 g/mol. The van der Waals surface area contributed by atoms with Gasteiger partial charge in [0.05, 0.1) is 0 Å². The Kier molecular flexibility index (Phi) is 1.77. The molecule has 0 N–H and O–H groups in total. The predicted molar refractivity (Wildman–Crippen MR) is 67.1 cm³/mol. The Morgan fingerprint density at radius 3 is 2.41 bits per heavy atom. The fourth-order valence-electron chi connectivity index (χ4n) is 3.89. The maximum absolute atomic E-state index is 12.1. The van der Waals surface area contributed by atoms with Crippen molar-refractivity contribution in [1.29, 1.82) is 0 Å². The van der Waals surface area contributed by atoms with E-state index in [0.717, 1.165) is 0 Å². The van der Waals surface area contributed by atoms with Crippen LogP contribution in [0.1, 0.15) is 12.0 Å². The third kappa shape index (κ3) is 1.17. The minimum Gasteiger partial charge on any atom is -0.294 e. The fourth-order valence-corrected chi connectivity index (χ4v) is 3.89. The summed E-state index contributed by atoms with van der Waals surface area (Å²) in [5.41, 5.74) is 2.51. The van der Waals surface area contributed by atoms with Crippen LogP contribution in [0.25, 0.3) is 5.57 Å². The zero-order valence-electron chi connectivity index (χ0n) is 9.54. The lowest BCUT2D eigenvalue weighted by atomic mass is 9.80. The first-order chi connectivity index (χ1) is 8.34. The standard InChI is InChI=1S/C16H14O/c17-14-9-13(10-4-2-1-3-5-10)15-11-6-7-12(8-11)16(14)15/h1-7,9,11-12,15-16H,8H2/t11-,12+,15?,16?/m1/s1. The summed E-state index contributed by atoms with van der Waals surface area (Å²) in [6, 6.07) is 10.4. The largest absolute Gasteiger partial charge is 0.294 e. The Bertz CT molecular complexity index is 538. The molecule has 4 rings (SSSR count). The lowest BCUT2D eigenvalue weighted by Crippen LogP contribution is -2.21. The topological polar surface area (TPSA) is 17.1 Å². The van der Waals surface area contributed by atoms with E-state index in [1.807, 2.05) is 12.1 Å². The number of rotatable bonds is 1. The van der Waals surface area contributed by atoms with Gasteiger partial charge >= 0.3 is 0 Å². The molecule has 1 fully saturated rings. The van der Waals surface area contributed by atoms with Crippen LogP contribution in [0.2, 0.25) is 0 Å². The summed E-state index contributed by atoms with van der Waals surface area (Å²) in [5.74, 6) is 2.17. The number of hydrogen-bond acceptors (Lipinski definition) is 1. The molecule has 0 spiro atoms. The Labute approximate surface area is 101 Å². The van der Waals surface area contributed by atoms with Gasteiger partial charge in [0, 0.05) is 11.8 Å². The second-order valence-electron chi connectivity index (χ2n) is 5.37. The van der Waals surface area contributed by atoms with E-state index in [1.165, 1.54) is 17.6 Å². The van der Waals surface area contributed by atoms with Gasteiger partial charge in [0.1, 0.15) is 0 Å². The van der Waals surface area contributed by atoms with E-state index in [4.69, 9.17) is 0 Å². The van der Waals surface area contributed by atoms with Gasteiger partial charge in [0.2, 0.25) is 0 Å². The van der Waals surface area contributed by atoms with Crippen LogP contribution in [-0.2, 0) is 4.79 Å². The highest BCUT2D eigenvalue weighted by Gasteiger charge is 2.52. The molecule has 2 unspecified atom stereocenters. The van der Waals surface area contributed by atoms with Crippen LogP contribution in [0, 0.1) is 23.7 Å². The molecule has 1 aromatic rings. The highest BCUT2D eigenvalue weighted by molar-refractivity contribution is 6.05. The number of fused-ring (bicyclic) bond motifs is 5. The zero-order valence-corrected chi connectivity index (χ0v) is 9.54. The fraction of sp³-hybridized carbons (Fsp3) is 0.312. The number of ketones is 1. The lowest BCUT2D eigenvalue weighted by molar-refractivity contribution is -0.118. The first kappa shape index (κ1) is 9.41. The van der Waals surface area contributed by atoms with Gasteiger partial charge in [-0.15, -0.1) is 0 Å². The van der Waals surface area contributed by atoms with Gasteiger partial charge in [-0.1, -0.05) is 42.5 Å². The number of hydrogen-bond donors (Lipinski definition) is 0. The van der Waals surface area contributed by atoms with Crippen LogP contribution in [-0.4, -0.2) is 5.78 Å². The SMILES string of the molecule is O=C1C=C(c2ccccc2)C2C1[C@H]1C=C[C@@H]2C1. The molecular formula is C16H14O. The van der Waals surface area contributed by atoms with Crippen molar-refractivity contribution < 1.29 is 4.79 Å². The van der Waals surface area contributed by atoms with Crippen LogP contribution < -0.4 is 0 Å². The molecule has 0 heterocycles. The Balaban J connectivity index is 1.81. The molecule has 0 saturated heterocycles. The quantitative estimate of drug-likeness (QED) is 0.667. The highest BCUT2D eigenvalue weighted by atomic mass is 16.1. The molecule has 0 radical (unpaired) electrons. The molecule has 0 aromatic heterocycles. The number of carbonyl (C=O) groups excluding carboxylic acids is 1. The van der Waals surface area contributed by atoms with Crippen LogP contribution in [0.4, 0.5) is 0 Å². The summed E-state index contributed by atoms with van der Waals surface area (Å²) in [6.45, 7) is 0. The lowest BCUT2D eigenvalue weighted by Gasteiger charge is -2.22. The molecular weight excluding hydrogens is 208 g/mol. The van der Waals surface area contributed by atoms with Gasteiger partial charge < -0.3 is 0 Å². The molecule has 17 heavy (non-hydrogen) atoms.